The number of fused-ring (bicyclic) bond motifs is 5. The number of phenolic OH excluding ortho intramolecular Hbond substituents is 2. The Bertz CT molecular complexity index is 1780. The number of carbonyl (C=O) groups is 5. The number of aliphatic hydroxyl groups is 1. The monoisotopic (exact) mass is 590 g/mol. The number of aromatic hydroxyl groups is 2. The lowest BCUT2D eigenvalue weighted by molar-refractivity contribution is -0.181. The number of hydrogen-bond donors (Lipinski definition) is 4. The molecular weight excluding hydrogens is 560 g/mol. The van der Waals surface area contributed by atoms with E-state index in [1.54, 1.807) is 39.2 Å². The molecule has 2 unspecified atom stereocenters. The number of anilines is 1. The molecule has 0 aliphatic heterocycles. The number of Topliss-reactive ketones (excluding diaryl/α,β-unsaturated/α-hetero) is 4. The summed E-state index contributed by atoms with van der Waals surface area (Å²) in [4.78, 5) is 75.2. The van der Waals surface area contributed by atoms with E-state index in [0.717, 1.165) is 6.07 Å². The number of hydrogen-bond acceptors (Lipinski definition) is 12. The number of aromatic nitrogens is 1. The highest BCUT2D eigenvalue weighted by Gasteiger charge is 2.69. The molecule has 1 heterocycles. The lowest BCUT2D eigenvalue weighted by Crippen LogP contribution is -2.74. The molecule has 1 aromatic heterocycles. The molecule has 3 aliphatic rings. The summed E-state index contributed by atoms with van der Waals surface area (Å²) in [6.45, 7) is 0. The van der Waals surface area contributed by atoms with Crippen molar-refractivity contribution in [3.05, 3.63) is 35.4 Å². The fourth-order valence-corrected chi connectivity index (χ4v) is 7.26. The maximum Gasteiger partial charge on any atom is 0.235 e. The van der Waals surface area contributed by atoms with Crippen LogP contribution in [0.1, 0.15) is 22.3 Å². The van der Waals surface area contributed by atoms with Crippen LogP contribution in [0.15, 0.2) is 28.7 Å². The van der Waals surface area contributed by atoms with Crippen molar-refractivity contribution in [2.75, 3.05) is 33.1 Å². The predicted octanol–water partition coefficient (Wildman–Crippen LogP) is 0.447. The van der Waals surface area contributed by atoms with Gasteiger partial charge in [-0.05, 0) is 56.6 Å². The van der Waals surface area contributed by atoms with E-state index in [1.165, 1.54) is 17.0 Å². The number of carbonyl (C=O) groups excluding carboxylic acids is 5. The topological polar surface area (TPSA) is 205 Å². The predicted molar refractivity (Wildman–Crippen MR) is 150 cm³/mol. The third-order valence-electron chi connectivity index (χ3n) is 9.11. The van der Waals surface area contributed by atoms with E-state index < -0.39 is 64.4 Å². The zero-order chi connectivity index (χ0) is 31.3. The maximum atomic E-state index is 14.3. The van der Waals surface area contributed by atoms with E-state index in [9.17, 15) is 39.3 Å². The number of amides is 1. The molecule has 3 aliphatic carbocycles. The molecule has 3 aromatic rings. The normalized spacial score (nSPS) is 28.6. The fourth-order valence-electron chi connectivity index (χ4n) is 7.26. The minimum Gasteiger partial charge on any atom is -0.508 e. The molecule has 2 fully saturated rings. The average molecular weight is 591 g/mol. The van der Waals surface area contributed by atoms with E-state index in [2.05, 4.69) is 4.98 Å². The molecule has 13 heteroatoms. The number of primary amides is 1. The summed E-state index contributed by atoms with van der Waals surface area (Å²) in [5.41, 5.74) is 4.35. The van der Waals surface area contributed by atoms with Gasteiger partial charge in [-0.25, -0.2) is 4.98 Å². The Morgan fingerprint density at radius 1 is 1.07 bits per heavy atom. The van der Waals surface area contributed by atoms with Gasteiger partial charge in [0.2, 0.25) is 11.8 Å². The molecular formula is C30H30N4O9. The summed E-state index contributed by atoms with van der Waals surface area (Å²) < 4.78 is 6.01. The zero-order valence-electron chi connectivity index (χ0n) is 23.8. The van der Waals surface area contributed by atoms with Crippen molar-refractivity contribution in [3.63, 3.8) is 0 Å². The molecule has 1 amide bonds. The zero-order valence-corrected chi connectivity index (χ0v) is 23.8. The van der Waals surface area contributed by atoms with Crippen molar-refractivity contribution < 1.29 is 43.7 Å². The highest BCUT2D eigenvalue weighted by Crippen LogP contribution is 2.52. The number of ketones is 4. The Kier molecular flexibility index (Phi) is 6.26. The van der Waals surface area contributed by atoms with Crippen LogP contribution in [-0.2, 0) is 25.6 Å². The largest absolute Gasteiger partial charge is 0.508 e. The molecule has 13 nitrogen and oxygen atoms in total. The van der Waals surface area contributed by atoms with Gasteiger partial charge >= 0.3 is 0 Å². The summed E-state index contributed by atoms with van der Waals surface area (Å²) in [6, 6.07) is 4.42. The second-order valence-corrected chi connectivity index (χ2v) is 12.0. The van der Waals surface area contributed by atoms with Gasteiger partial charge in [-0.3, -0.25) is 28.9 Å². The van der Waals surface area contributed by atoms with Gasteiger partial charge in [-0.2, -0.15) is 0 Å². The van der Waals surface area contributed by atoms with Crippen LogP contribution in [0.2, 0.25) is 0 Å². The van der Waals surface area contributed by atoms with Crippen LogP contribution in [0, 0.1) is 23.7 Å². The van der Waals surface area contributed by atoms with Gasteiger partial charge in [0.15, 0.2) is 40.2 Å². The van der Waals surface area contributed by atoms with Crippen molar-refractivity contribution in [2.24, 2.45) is 29.4 Å². The molecule has 2 aromatic carbocycles. The van der Waals surface area contributed by atoms with Crippen LogP contribution < -0.4 is 10.6 Å². The second-order valence-electron chi connectivity index (χ2n) is 12.0. The Hall–Kier alpha value is -4.62. The first kappa shape index (κ1) is 28.5. The highest BCUT2D eigenvalue weighted by atomic mass is 16.4. The van der Waals surface area contributed by atoms with Gasteiger partial charge in [-0.15, -0.1) is 0 Å². The summed E-state index contributed by atoms with van der Waals surface area (Å²) >= 11 is 0. The maximum absolute atomic E-state index is 14.3. The van der Waals surface area contributed by atoms with E-state index in [0.29, 0.717) is 11.3 Å². The van der Waals surface area contributed by atoms with Crippen LogP contribution in [-0.4, -0.2) is 94.1 Å². The smallest absolute Gasteiger partial charge is 0.235 e. The lowest BCUT2D eigenvalue weighted by atomic mass is 9.52. The van der Waals surface area contributed by atoms with E-state index in [1.807, 2.05) is 0 Å². The van der Waals surface area contributed by atoms with Gasteiger partial charge < -0.3 is 30.4 Å². The summed E-state index contributed by atoms with van der Waals surface area (Å²) in [6.07, 6.45) is 0.174. The molecule has 0 bridgehead atoms. The third-order valence-corrected chi connectivity index (χ3v) is 9.11. The van der Waals surface area contributed by atoms with Crippen molar-refractivity contribution in [3.8, 4) is 23.0 Å². The van der Waals surface area contributed by atoms with Gasteiger partial charge in [0.25, 0.3) is 0 Å². The molecule has 2 saturated carbocycles. The molecule has 5 N–H and O–H groups in total. The standard InChI is InChI=1S/C30H30N4O9/c1-33(2)17-10-16-25(43-29(32-16)13-6-5-12(35)9-18(13)36)20-14(17)7-11-8-15-22(34(3)4)24(38)21(28(31)41)27(40)30(15,42)26(39)19(11)23(20)37/h5-6,9-11,15,19,21-22,35-36,42H,7-8H2,1-4H3,(H2,31,41)/t11-,15-,19?,21?,22-,30-/m0/s1. The van der Waals surface area contributed by atoms with Crippen molar-refractivity contribution in [1.29, 1.82) is 0 Å². The molecule has 6 atom stereocenters. The van der Waals surface area contributed by atoms with Crippen LogP contribution in [0.5, 0.6) is 11.5 Å². The quantitative estimate of drug-likeness (QED) is 0.306. The lowest BCUT2D eigenvalue weighted by Gasteiger charge is -2.52. The highest BCUT2D eigenvalue weighted by molar-refractivity contribution is 6.32. The first-order chi connectivity index (χ1) is 20.2. The molecule has 43 heavy (non-hydrogen) atoms. The first-order valence-electron chi connectivity index (χ1n) is 13.7. The van der Waals surface area contributed by atoms with Crippen molar-refractivity contribution in [1.82, 2.24) is 9.88 Å². The SMILES string of the molecule is CN(C)c1cc2nc(-c3ccc(O)cc3O)oc2c2c1C[C@H]1C[C@H]3[C@H](N(C)C)C(=O)C(C(N)=O)C(=O)[C@@]3(O)C(=O)C1C2=O. The Morgan fingerprint density at radius 3 is 2.37 bits per heavy atom. The van der Waals surface area contributed by atoms with E-state index in [4.69, 9.17) is 10.2 Å². The molecule has 6 rings (SSSR count). The summed E-state index contributed by atoms with van der Waals surface area (Å²) in [7, 11) is 6.65. The Balaban J connectivity index is 1.53. The van der Waals surface area contributed by atoms with Crippen LogP contribution in [0.25, 0.3) is 22.6 Å². The summed E-state index contributed by atoms with van der Waals surface area (Å²) in [5, 5.41) is 31.9. The Morgan fingerprint density at radius 2 is 1.77 bits per heavy atom. The summed E-state index contributed by atoms with van der Waals surface area (Å²) in [5.74, 6) is -11.0. The van der Waals surface area contributed by atoms with E-state index in [-0.39, 0.29) is 52.5 Å². The van der Waals surface area contributed by atoms with Crippen molar-refractivity contribution >= 4 is 45.8 Å². The van der Waals surface area contributed by atoms with Crippen LogP contribution in [0.3, 0.4) is 0 Å². The number of oxazole rings is 1. The number of benzene rings is 2. The molecule has 0 saturated heterocycles. The number of nitrogens with zero attached hydrogens (tertiary/aromatic N) is 3. The molecule has 0 spiro atoms. The van der Waals surface area contributed by atoms with E-state index >= 15 is 0 Å². The van der Waals surface area contributed by atoms with Gasteiger partial charge in [0, 0.05) is 31.8 Å². The molecule has 224 valence electrons. The van der Waals surface area contributed by atoms with Crippen LogP contribution in [0.4, 0.5) is 5.69 Å². The van der Waals surface area contributed by atoms with Gasteiger partial charge in [-0.1, -0.05) is 0 Å². The minimum atomic E-state index is -2.78. The minimum absolute atomic E-state index is 0.0160. The number of rotatable bonds is 4. The fraction of sp³-hybridized carbons (Fsp3) is 0.400. The van der Waals surface area contributed by atoms with Gasteiger partial charge in [0.1, 0.15) is 17.0 Å². The number of phenols is 2. The van der Waals surface area contributed by atoms with Gasteiger partial charge in [0.05, 0.1) is 23.1 Å². The Labute approximate surface area is 244 Å². The average Bonchev–Trinajstić information content (AvgIpc) is 3.33. The third kappa shape index (κ3) is 3.84. The molecule has 0 radical (unpaired) electrons. The second kappa shape index (κ2) is 9.44. The number of nitrogens with two attached hydrogens (primary N) is 1. The first-order valence-corrected chi connectivity index (χ1v) is 13.7. The van der Waals surface area contributed by atoms with Crippen molar-refractivity contribution in [2.45, 2.75) is 24.5 Å². The van der Waals surface area contributed by atoms with Crippen LogP contribution >= 0.6 is 0 Å². The number of likely N-dealkylation sites (N-methyl/N-ethyl adjacent to an activating group) is 1.